The van der Waals surface area contributed by atoms with Crippen molar-refractivity contribution in [3.05, 3.63) is 53.3 Å². The SMILES string of the molecule is COc1ccc(CNC(=O)c2ccnc(CN)c2)cc1OC.Cl. The number of hydrogen-bond donors (Lipinski definition) is 2. The van der Waals surface area contributed by atoms with Crippen molar-refractivity contribution >= 4 is 18.3 Å². The van der Waals surface area contributed by atoms with E-state index in [1.165, 1.54) is 0 Å². The number of pyridine rings is 1. The van der Waals surface area contributed by atoms with Crippen LogP contribution >= 0.6 is 12.4 Å². The third kappa shape index (κ3) is 4.84. The lowest BCUT2D eigenvalue weighted by atomic mass is 10.1. The van der Waals surface area contributed by atoms with Crippen molar-refractivity contribution in [3.8, 4) is 11.5 Å². The average Bonchev–Trinajstić information content (AvgIpc) is 2.59. The van der Waals surface area contributed by atoms with Crippen molar-refractivity contribution < 1.29 is 14.3 Å². The first kappa shape index (κ1) is 18.7. The highest BCUT2D eigenvalue weighted by Crippen LogP contribution is 2.27. The summed E-state index contributed by atoms with van der Waals surface area (Å²) in [6, 6.07) is 8.85. The molecule has 0 aliphatic carbocycles. The minimum atomic E-state index is -0.174. The van der Waals surface area contributed by atoms with Gasteiger partial charge in [0.1, 0.15) is 0 Å². The molecule has 1 aromatic heterocycles. The average molecular weight is 338 g/mol. The van der Waals surface area contributed by atoms with Gasteiger partial charge in [-0.1, -0.05) is 6.07 Å². The lowest BCUT2D eigenvalue weighted by molar-refractivity contribution is 0.0950. The molecule has 124 valence electrons. The monoisotopic (exact) mass is 337 g/mol. The van der Waals surface area contributed by atoms with E-state index in [0.29, 0.717) is 35.8 Å². The van der Waals surface area contributed by atoms with Crippen LogP contribution in [0.5, 0.6) is 11.5 Å². The van der Waals surface area contributed by atoms with Crippen molar-refractivity contribution in [3.63, 3.8) is 0 Å². The molecular formula is C16H20ClN3O3. The minimum Gasteiger partial charge on any atom is -0.493 e. The Hall–Kier alpha value is -2.31. The first-order valence-electron chi connectivity index (χ1n) is 6.82. The zero-order valence-corrected chi connectivity index (χ0v) is 13.9. The first-order valence-corrected chi connectivity index (χ1v) is 6.82. The number of nitrogens with two attached hydrogens (primary N) is 1. The van der Waals surface area contributed by atoms with E-state index in [1.54, 1.807) is 38.6 Å². The fourth-order valence-corrected chi connectivity index (χ4v) is 2.01. The number of aromatic nitrogens is 1. The largest absolute Gasteiger partial charge is 0.493 e. The smallest absolute Gasteiger partial charge is 0.251 e. The van der Waals surface area contributed by atoms with Crippen molar-refractivity contribution in [2.24, 2.45) is 5.73 Å². The minimum absolute atomic E-state index is 0. The molecule has 0 aliphatic heterocycles. The molecule has 0 saturated carbocycles. The molecule has 0 aliphatic rings. The second-order valence-corrected chi connectivity index (χ2v) is 4.61. The molecule has 0 saturated heterocycles. The van der Waals surface area contributed by atoms with Crippen LogP contribution in [0.4, 0.5) is 0 Å². The molecule has 0 unspecified atom stereocenters. The molecule has 0 spiro atoms. The van der Waals surface area contributed by atoms with Gasteiger partial charge in [0.25, 0.3) is 5.91 Å². The molecule has 7 heteroatoms. The van der Waals surface area contributed by atoms with Gasteiger partial charge in [0.05, 0.1) is 19.9 Å². The second kappa shape index (κ2) is 8.97. The topological polar surface area (TPSA) is 86.5 Å². The van der Waals surface area contributed by atoms with Crippen LogP contribution in [0.1, 0.15) is 21.6 Å². The Kier molecular flexibility index (Phi) is 7.31. The van der Waals surface area contributed by atoms with Crippen LogP contribution in [-0.2, 0) is 13.1 Å². The highest BCUT2D eigenvalue weighted by Gasteiger charge is 2.08. The molecule has 1 amide bonds. The van der Waals surface area contributed by atoms with E-state index in [0.717, 1.165) is 5.56 Å². The first-order chi connectivity index (χ1) is 10.7. The van der Waals surface area contributed by atoms with E-state index < -0.39 is 0 Å². The Morgan fingerprint density at radius 3 is 2.57 bits per heavy atom. The van der Waals surface area contributed by atoms with E-state index in [4.69, 9.17) is 15.2 Å². The van der Waals surface area contributed by atoms with E-state index in [9.17, 15) is 4.79 Å². The maximum Gasteiger partial charge on any atom is 0.251 e. The summed E-state index contributed by atoms with van der Waals surface area (Å²) in [6.07, 6.45) is 1.58. The molecule has 1 aromatic carbocycles. The summed E-state index contributed by atoms with van der Waals surface area (Å²) >= 11 is 0. The predicted molar refractivity (Wildman–Crippen MR) is 90.1 cm³/mol. The molecule has 23 heavy (non-hydrogen) atoms. The molecule has 2 aromatic rings. The third-order valence-electron chi connectivity index (χ3n) is 3.19. The number of carbonyl (C=O) groups is 1. The van der Waals surface area contributed by atoms with Crippen LogP contribution in [0.2, 0.25) is 0 Å². The van der Waals surface area contributed by atoms with Gasteiger partial charge in [-0.05, 0) is 29.8 Å². The predicted octanol–water partition coefficient (Wildman–Crippen LogP) is 1.91. The highest BCUT2D eigenvalue weighted by molar-refractivity contribution is 5.94. The van der Waals surface area contributed by atoms with Crippen LogP contribution in [0.25, 0.3) is 0 Å². The quantitative estimate of drug-likeness (QED) is 0.840. The zero-order chi connectivity index (χ0) is 15.9. The van der Waals surface area contributed by atoms with E-state index in [-0.39, 0.29) is 18.3 Å². The Morgan fingerprint density at radius 1 is 1.17 bits per heavy atom. The molecule has 1 heterocycles. The normalized spacial score (nSPS) is 9.70. The maximum absolute atomic E-state index is 12.1. The second-order valence-electron chi connectivity index (χ2n) is 4.61. The molecule has 6 nitrogen and oxygen atoms in total. The summed E-state index contributed by atoms with van der Waals surface area (Å²) in [5, 5.41) is 2.85. The zero-order valence-electron chi connectivity index (χ0n) is 13.0. The molecule has 0 bridgehead atoms. The van der Waals surface area contributed by atoms with Gasteiger partial charge in [-0.3, -0.25) is 9.78 Å². The number of ether oxygens (including phenoxy) is 2. The number of methoxy groups -OCH3 is 2. The van der Waals surface area contributed by atoms with Gasteiger partial charge in [0.2, 0.25) is 0 Å². The summed E-state index contributed by atoms with van der Waals surface area (Å²) in [5.41, 5.74) is 7.66. The van der Waals surface area contributed by atoms with Gasteiger partial charge in [-0.15, -0.1) is 12.4 Å². The van der Waals surface area contributed by atoms with Gasteiger partial charge in [-0.2, -0.15) is 0 Å². The van der Waals surface area contributed by atoms with Gasteiger partial charge < -0.3 is 20.5 Å². The van der Waals surface area contributed by atoms with Gasteiger partial charge in [-0.25, -0.2) is 0 Å². The fraction of sp³-hybridized carbons (Fsp3) is 0.250. The maximum atomic E-state index is 12.1. The molecule has 2 rings (SSSR count). The van der Waals surface area contributed by atoms with Crippen molar-refractivity contribution in [1.82, 2.24) is 10.3 Å². The van der Waals surface area contributed by atoms with Gasteiger partial charge >= 0.3 is 0 Å². The molecule has 0 atom stereocenters. The van der Waals surface area contributed by atoms with Crippen molar-refractivity contribution in [1.29, 1.82) is 0 Å². The van der Waals surface area contributed by atoms with Crippen LogP contribution in [-0.4, -0.2) is 25.1 Å². The Morgan fingerprint density at radius 2 is 1.91 bits per heavy atom. The Balaban J connectivity index is 0.00000264. The molecular weight excluding hydrogens is 318 g/mol. The third-order valence-corrected chi connectivity index (χ3v) is 3.19. The fourth-order valence-electron chi connectivity index (χ4n) is 2.01. The van der Waals surface area contributed by atoms with E-state index in [2.05, 4.69) is 10.3 Å². The van der Waals surface area contributed by atoms with Crippen LogP contribution in [0.3, 0.4) is 0 Å². The Bertz CT molecular complexity index is 665. The van der Waals surface area contributed by atoms with Crippen LogP contribution in [0, 0.1) is 0 Å². The molecule has 0 fully saturated rings. The number of carbonyl (C=O) groups excluding carboxylic acids is 1. The van der Waals surface area contributed by atoms with E-state index >= 15 is 0 Å². The number of nitrogens with one attached hydrogen (secondary N) is 1. The number of rotatable bonds is 6. The van der Waals surface area contributed by atoms with Crippen molar-refractivity contribution in [2.45, 2.75) is 13.1 Å². The van der Waals surface area contributed by atoms with Gasteiger partial charge in [0, 0.05) is 24.8 Å². The number of nitrogens with zero attached hydrogens (tertiary/aromatic N) is 1. The summed E-state index contributed by atoms with van der Waals surface area (Å²) in [7, 11) is 3.16. The van der Waals surface area contributed by atoms with Gasteiger partial charge in [0.15, 0.2) is 11.5 Å². The standard InChI is InChI=1S/C16H19N3O3.ClH/c1-21-14-4-3-11(7-15(14)22-2)10-19-16(20)12-5-6-18-13(8-12)9-17;/h3-8H,9-10,17H2,1-2H3,(H,19,20);1H. The number of halogens is 1. The molecule has 0 radical (unpaired) electrons. The highest BCUT2D eigenvalue weighted by atomic mass is 35.5. The lowest BCUT2D eigenvalue weighted by Crippen LogP contribution is -2.23. The number of hydrogen-bond acceptors (Lipinski definition) is 5. The summed E-state index contributed by atoms with van der Waals surface area (Å²) in [6.45, 7) is 0.691. The van der Waals surface area contributed by atoms with Crippen molar-refractivity contribution in [2.75, 3.05) is 14.2 Å². The van der Waals surface area contributed by atoms with E-state index in [1.807, 2.05) is 12.1 Å². The van der Waals surface area contributed by atoms with Crippen LogP contribution < -0.4 is 20.5 Å². The van der Waals surface area contributed by atoms with Crippen LogP contribution in [0.15, 0.2) is 36.5 Å². The number of benzene rings is 1. The number of amides is 1. The lowest BCUT2D eigenvalue weighted by Gasteiger charge is -2.10. The summed E-state index contributed by atoms with van der Waals surface area (Å²) < 4.78 is 10.4. The summed E-state index contributed by atoms with van der Waals surface area (Å²) in [4.78, 5) is 16.2. The summed E-state index contributed by atoms with van der Waals surface area (Å²) in [5.74, 6) is 1.11. The molecule has 3 N–H and O–H groups in total. The Labute approximate surface area is 141 Å².